The van der Waals surface area contributed by atoms with Crippen LogP contribution in [0.1, 0.15) is 46.5 Å². The van der Waals surface area contributed by atoms with Gasteiger partial charge in [-0.25, -0.2) is 0 Å². The molecule has 0 aromatic carbocycles. The zero-order chi connectivity index (χ0) is 12.9. The SMILES string of the molecule is CCOC(=O)C(C)(N)CC(C)N1CCCCC1. The number of hydrogen-bond acceptors (Lipinski definition) is 4. The number of carbonyl (C=O) groups is 1. The van der Waals surface area contributed by atoms with Gasteiger partial charge >= 0.3 is 5.97 Å². The lowest BCUT2D eigenvalue weighted by Crippen LogP contribution is -2.51. The summed E-state index contributed by atoms with van der Waals surface area (Å²) in [5.41, 5.74) is 5.18. The van der Waals surface area contributed by atoms with Crippen LogP contribution in [0, 0.1) is 0 Å². The van der Waals surface area contributed by atoms with Crippen molar-refractivity contribution in [1.82, 2.24) is 4.90 Å². The number of piperidine rings is 1. The monoisotopic (exact) mass is 242 g/mol. The first-order chi connectivity index (χ1) is 7.97. The predicted molar refractivity (Wildman–Crippen MR) is 68.7 cm³/mol. The molecule has 1 heterocycles. The van der Waals surface area contributed by atoms with Crippen LogP contribution in [-0.4, -0.2) is 42.1 Å². The Morgan fingerprint density at radius 3 is 2.53 bits per heavy atom. The highest BCUT2D eigenvalue weighted by molar-refractivity contribution is 5.80. The molecule has 1 aliphatic rings. The first-order valence-electron chi connectivity index (χ1n) is 6.67. The van der Waals surface area contributed by atoms with E-state index in [1.165, 1.54) is 19.3 Å². The van der Waals surface area contributed by atoms with Gasteiger partial charge in [-0.05, 0) is 53.1 Å². The van der Waals surface area contributed by atoms with E-state index in [2.05, 4.69) is 11.8 Å². The Balaban J connectivity index is 2.47. The maximum Gasteiger partial charge on any atom is 0.325 e. The molecule has 0 radical (unpaired) electrons. The van der Waals surface area contributed by atoms with Crippen molar-refractivity contribution in [1.29, 1.82) is 0 Å². The van der Waals surface area contributed by atoms with E-state index in [-0.39, 0.29) is 5.97 Å². The Kier molecular flexibility index (Phi) is 5.40. The molecule has 17 heavy (non-hydrogen) atoms. The fourth-order valence-corrected chi connectivity index (χ4v) is 2.48. The van der Waals surface area contributed by atoms with Gasteiger partial charge < -0.3 is 15.4 Å². The van der Waals surface area contributed by atoms with Crippen molar-refractivity contribution in [3.63, 3.8) is 0 Å². The Labute approximate surface area is 104 Å². The second-order valence-corrected chi connectivity index (χ2v) is 5.29. The molecule has 4 heteroatoms. The predicted octanol–water partition coefficient (Wildman–Crippen LogP) is 1.53. The smallest absolute Gasteiger partial charge is 0.325 e. The van der Waals surface area contributed by atoms with Gasteiger partial charge in [0.05, 0.1) is 6.61 Å². The van der Waals surface area contributed by atoms with Gasteiger partial charge in [-0.1, -0.05) is 6.42 Å². The minimum Gasteiger partial charge on any atom is -0.465 e. The number of ether oxygens (including phenoxy) is 1. The van der Waals surface area contributed by atoms with E-state index in [0.717, 1.165) is 13.1 Å². The van der Waals surface area contributed by atoms with Crippen molar-refractivity contribution >= 4 is 5.97 Å². The van der Waals surface area contributed by atoms with Gasteiger partial charge in [-0.3, -0.25) is 4.79 Å². The summed E-state index contributed by atoms with van der Waals surface area (Å²) >= 11 is 0. The summed E-state index contributed by atoms with van der Waals surface area (Å²) in [7, 11) is 0. The highest BCUT2D eigenvalue weighted by Gasteiger charge is 2.33. The zero-order valence-corrected chi connectivity index (χ0v) is 11.4. The fourth-order valence-electron chi connectivity index (χ4n) is 2.48. The van der Waals surface area contributed by atoms with E-state index in [4.69, 9.17) is 10.5 Å². The highest BCUT2D eigenvalue weighted by atomic mass is 16.5. The van der Waals surface area contributed by atoms with Crippen molar-refractivity contribution in [3.8, 4) is 0 Å². The van der Waals surface area contributed by atoms with E-state index >= 15 is 0 Å². The molecule has 0 amide bonds. The van der Waals surface area contributed by atoms with Crippen LogP contribution < -0.4 is 5.73 Å². The third kappa shape index (κ3) is 4.28. The summed E-state index contributed by atoms with van der Waals surface area (Å²) in [4.78, 5) is 14.1. The van der Waals surface area contributed by atoms with E-state index in [1.54, 1.807) is 6.92 Å². The first kappa shape index (κ1) is 14.5. The van der Waals surface area contributed by atoms with Crippen LogP contribution in [0.3, 0.4) is 0 Å². The molecule has 1 fully saturated rings. The quantitative estimate of drug-likeness (QED) is 0.743. The second kappa shape index (κ2) is 6.36. The number of carbonyl (C=O) groups excluding carboxylic acids is 1. The zero-order valence-electron chi connectivity index (χ0n) is 11.4. The van der Waals surface area contributed by atoms with Gasteiger partial charge in [-0.15, -0.1) is 0 Å². The molecular formula is C13H26N2O2. The molecule has 1 aliphatic heterocycles. The molecule has 2 atom stereocenters. The average Bonchev–Trinajstić information content (AvgIpc) is 2.30. The topological polar surface area (TPSA) is 55.6 Å². The van der Waals surface area contributed by atoms with Crippen molar-refractivity contribution in [2.45, 2.75) is 58.0 Å². The number of hydrogen-bond donors (Lipinski definition) is 1. The van der Waals surface area contributed by atoms with Crippen molar-refractivity contribution in [2.24, 2.45) is 5.73 Å². The van der Waals surface area contributed by atoms with Crippen LogP contribution in [0.15, 0.2) is 0 Å². The molecule has 0 aromatic rings. The van der Waals surface area contributed by atoms with Crippen LogP contribution in [0.5, 0.6) is 0 Å². The molecule has 100 valence electrons. The highest BCUT2D eigenvalue weighted by Crippen LogP contribution is 2.19. The summed E-state index contributed by atoms with van der Waals surface area (Å²) in [6.07, 6.45) is 4.49. The normalized spacial score (nSPS) is 22.8. The van der Waals surface area contributed by atoms with Crippen LogP contribution in [0.4, 0.5) is 0 Å². The molecule has 0 bridgehead atoms. The van der Waals surface area contributed by atoms with Gasteiger partial charge in [0.1, 0.15) is 5.54 Å². The van der Waals surface area contributed by atoms with E-state index in [9.17, 15) is 4.79 Å². The molecule has 1 rings (SSSR count). The standard InChI is InChI=1S/C13H26N2O2/c1-4-17-12(16)13(3,14)10-11(2)15-8-6-5-7-9-15/h11H,4-10,14H2,1-3H3. The van der Waals surface area contributed by atoms with E-state index in [0.29, 0.717) is 19.1 Å². The van der Waals surface area contributed by atoms with Crippen molar-refractivity contribution < 1.29 is 9.53 Å². The molecule has 0 spiro atoms. The molecule has 2 N–H and O–H groups in total. The van der Waals surface area contributed by atoms with E-state index < -0.39 is 5.54 Å². The number of nitrogens with zero attached hydrogens (tertiary/aromatic N) is 1. The summed E-state index contributed by atoms with van der Waals surface area (Å²) in [6, 6.07) is 0.342. The summed E-state index contributed by atoms with van der Waals surface area (Å²) in [5, 5.41) is 0. The van der Waals surface area contributed by atoms with Crippen LogP contribution in [-0.2, 0) is 9.53 Å². The molecule has 4 nitrogen and oxygen atoms in total. The minimum atomic E-state index is -0.868. The third-order valence-electron chi connectivity index (χ3n) is 3.48. The largest absolute Gasteiger partial charge is 0.465 e. The maximum absolute atomic E-state index is 11.7. The average molecular weight is 242 g/mol. The Morgan fingerprint density at radius 2 is 2.00 bits per heavy atom. The van der Waals surface area contributed by atoms with Gasteiger partial charge in [0.15, 0.2) is 0 Å². The lowest BCUT2D eigenvalue weighted by atomic mass is 9.93. The Hall–Kier alpha value is -0.610. The van der Waals surface area contributed by atoms with Gasteiger partial charge in [-0.2, -0.15) is 0 Å². The van der Waals surface area contributed by atoms with Crippen molar-refractivity contribution in [2.75, 3.05) is 19.7 Å². The second-order valence-electron chi connectivity index (χ2n) is 5.29. The molecule has 2 unspecified atom stereocenters. The van der Waals surface area contributed by atoms with Gasteiger partial charge in [0.2, 0.25) is 0 Å². The fraction of sp³-hybridized carbons (Fsp3) is 0.923. The van der Waals surface area contributed by atoms with Gasteiger partial charge in [0.25, 0.3) is 0 Å². The maximum atomic E-state index is 11.7. The Morgan fingerprint density at radius 1 is 1.41 bits per heavy atom. The van der Waals surface area contributed by atoms with E-state index in [1.807, 2.05) is 6.92 Å². The third-order valence-corrected chi connectivity index (χ3v) is 3.48. The lowest BCUT2D eigenvalue weighted by Gasteiger charge is -2.35. The lowest BCUT2D eigenvalue weighted by molar-refractivity contribution is -0.149. The first-order valence-corrected chi connectivity index (χ1v) is 6.67. The molecule has 0 aromatic heterocycles. The Bertz CT molecular complexity index is 248. The summed E-state index contributed by atoms with van der Waals surface area (Å²) < 4.78 is 5.01. The molecule has 1 saturated heterocycles. The summed E-state index contributed by atoms with van der Waals surface area (Å²) in [6.45, 7) is 8.37. The van der Waals surface area contributed by atoms with Crippen LogP contribution >= 0.6 is 0 Å². The van der Waals surface area contributed by atoms with Crippen LogP contribution in [0.25, 0.3) is 0 Å². The van der Waals surface area contributed by atoms with Crippen molar-refractivity contribution in [3.05, 3.63) is 0 Å². The molecular weight excluding hydrogens is 216 g/mol. The molecule has 0 saturated carbocycles. The number of nitrogens with two attached hydrogens (primary N) is 1. The number of likely N-dealkylation sites (tertiary alicyclic amines) is 1. The van der Waals surface area contributed by atoms with Gasteiger partial charge in [0, 0.05) is 6.04 Å². The van der Waals surface area contributed by atoms with Crippen LogP contribution in [0.2, 0.25) is 0 Å². The minimum absolute atomic E-state index is 0.288. The summed E-state index contributed by atoms with van der Waals surface area (Å²) in [5.74, 6) is -0.288. The molecule has 0 aliphatic carbocycles. The number of rotatable bonds is 5. The number of esters is 1.